The van der Waals surface area contributed by atoms with Crippen LogP contribution < -0.4 is 20.1 Å². The number of anilines is 2. The quantitative estimate of drug-likeness (QED) is 0.179. The van der Waals surface area contributed by atoms with Gasteiger partial charge in [0.05, 0.1) is 48.8 Å². The minimum Gasteiger partial charge on any atom is -0.493 e. The first-order valence-corrected chi connectivity index (χ1v) is 13.4. The highest BCUT2D eigenvalue weighted by Gasteiger charge is 2.30. The van der Waals surface area contributed by atoms with Gasteiger partial charge in [-0.3, -0.25) is 9.48 Å². The molecule has 0 radical (unpaired) electrons. The first kappa shape index (κ1) is 29.4. The Kier molecular flexibility index (Phi) is 8.74. The van der Waals surface area contributed by atoms with Crippen molar-refractivity contribution in [2.24, 2.45) is 7.05 Å². The molecule has 2 aromatic heterocycles. The van der Waals surface area contributed by atoms with Crippen LogP contribution in [0, 0.1) is 0 Å². The number of amides is 1. The predicted molar refractivity (Wildman–Crippen MR) is 157 cm³/mol. The van der Waals surface area contributed by atoms with Crippen LogP contribution in [0.5, 0.6) is 11.5 Å². The minimum absolute atomic E-state index is 0.0550. The van der Waals surface area contributed by atoms with Crippen molar-refractivity contribution in [2.45, 2.75) is 19.0 Å². The van der Waals surface area contributed by atoms with Gasteiger partial charge in [-0.05, 0) is 42.3 Å². The Balaban J connectivity index is 1.24. The van der Waals surface area contributed by atoms with Gasteiger partial charge in [0, 0.05) is 42.5 Å². The molecule has 222 valence electrons. The molecule has 0 saturated carbocycles. The Hall–Kier alpha value is -5.13. The normalized spacial score (nSPS) is 11.4. The van der Waals surface area contributed by atoms with E-state index in [4.69, 9.17) is 9.47 Å². The fourth-order valence-corrected chi connectivity index (χ4v) is 4.48. The van der Waals surface area contributed by atoms with Gasteiger partial charge in [-0.2, -0.15) is 18.3 Å². The Morgan fingerprint density at radius 2 is 1.74 bits per heavy atom. The third kappa shape index (κ3) is 7.39. The number of carbonyl (C=O) groups is 1. The first-order chi connectivity index (χ1) is 20.7. The maximum atomic E-state index is 12.8. The van der Waals surface area contributed by atoms with Gasteiger partial charge in [0.2, 0.25) is 5.91 Å². The van der Waals surface area contributed by atoms with E-state index in [1.54, 1.807) is 36.2 Å². The smallest absolute Gasteiger partial charge is 0.416 e. The number of hydrogen-bond acceptors (Lipinski definition) is 7. The van der Waals surface area contributed by atoms with Crippen molar-refractivity contribution in [2.75, 3.05) is 30.9 Å². The zero-order valence-electron chi connectivity index (χ0n) is 23.5. The van der Waals surface area contributed by atoms with Gasteiger partial charge in [0.15, 0.2) is 11.5 Å². The monoisotopic (exact) mass is 590 g/mol. The number of aryl methyl sites for hydroxylation is 1. The van der Waals surface area contributed by atoms with Crippen molar-refractivity contribution in [3.63, 3.8) is 0 Å². The van der Waals surface area contributed by atoms with E-state index in [1.807, 2.05) is 31.4 Å². The van der Waals surface area contributed by atoms with E-state index in [0.29, 0.717) is 47.1 Å². The second-order valence-electron chi connectivity index (χ2n) is 9.77. The van der Waals surface area contributed by atoms with E-state index in [2.05, 4.69) is 25.7 Å². The van der Waals surface area contributed by atoms with Gasteiger partial charge >= 0.3 is 6.18 Å². The number of nitrogens with zero attached hydrogens (tertiary/aromatic N) is 4. The molecule has 5 rings (SSSR count). The highest BCUT2D eigenvalue weighted by Crippen LogP contribution is 2.36. The molecule has 3 aromatic carbocycles. The number of halogens is 3. The van der Waals surface area contributed by atoms with E-state index in [-0.39, 0.29) is 12.3 Å². The second-order valence-corrected chi connectivity index (χ2v) is 9.77. The molecule has 0 aliphatic carbocycles. The third-order valence-corrected chi connectivity index (χ3v) is 6.62. The van der Waals surface area contributed by atoms with Gasteiger partial charge in [-0.1, -0.05) is 24.3 Å². The van der Waals surface area contributed by atoms with Crippen LogP contribution in [0.2, 0.25) is 0 Å². The fourth-order valence-electron chi connectivity index (χ4n) is 4.48. The largest absolute Gasteiger partial charge is 0.493 e. The van der Waals surface area contributed by atoms with E-state index in [1.165, 1.54) is 18.5 Å². The maximum absolute atomic E-state index is 12.8. The lowest BCUT2D eigenvalue weighted by molar-refractivity contribution is -0.137. The molecule has 2 N–H and O–H groups in total. The fraction of sp³-hybridized carbons (Fsp3) is 0.226. The van der Waals surface area contributed by atoms with E-state index in [9.17, 15) is 18.0 Å². The van der Waals surface area contributed by atoms with Gasteiger partial charge in [-0.25, -0.2) is 9.97 Å². The Bertz CT molecular complexity index is 1700. The molecule has 0 fully saturated rings. The molecule has 0 spiro atoms. The standard InChI is InChI=1S/C31H29F3N6O3/c1-40-18-24(17-38-40)35-12-3-13-43-28-15-25-26(16-27(28)42-2)36-19-37-30(25)21-6-10-23(11-7-21)39-29(41)14-20-4-8-22(9-5-20)31(32,33)34/h4-11,15-19,35H,3,12-14H2,1-2H3,(H,39,41). The molecule has 5 aromatic rings. The lowest BCUT2D eigenvalue weighted by Gasteiger charge is -2.14. The molecule has 1 amide bonds. The van der Waals surface area contributed by atoms with Gasteiger partial charge in [-0.15, -0.1) is 0 Å². The van der Waals surface area contributed by atoms with Crippen LogP contribution in [-0.4, -0.2) is 45.9 Å². The molecular formula is C31H29F3N6O3. The number of ether oxygens (including phenoxy) is 2. The molecule has 43 heavy (non-hydrogen) atoms. The molecule has 0 atom stereocenters. The number of nitrogens with one attached hydrogen (secondary N) is 2. The van der Waals surface area contributed by atoms with Crippen molar-refractivity contribution < 1.29 is 27.4 Å². The number of alkyl halides is 3. The molecule has 0 unspecified atom stereocenters. The average molecular weight is 591 g/mol. The molecular weight excluding hydrogens is 561 g/mol. The van der Waals surface area contributed by atoms with Crippen LogP contribution in [0.25, 0.3) is 22.2 Å². The summed E-state index contributed by atoms with van der Waals surface area (Å²) in [5.41, 5.74) is 3.37. The van der Waals surface area contributed by atoms with Crippen LogP contribution in [0.15, 0.2) is 79.4 Å². The zero-order valence-corrected chi connectivity index (χ0v) is 23.5. The Morgan fingerprint density at radius 3 is 2.42 bits per heavy atom. The van der Waals surface area contributed by atoms with Crippen LogP contribution in [0.1, 0.15) is 17.5 Å². The SMILES string of the molecule is COc1cc2ncnc(-c3ccc(NC(=O)Cc4ccc(C(F)(F)F)cc4)cc3)c2cc1OCCCNc1cnn(C)c1. The van der Waals surface area contributed by atoms with Crippen molar-refractivity contribution in [1.82, 2.24) is 19.7 Å². The summed E-state index contributed by atoms with van der Waals surface area (Å²) in [6.45, 7) is 1.17. The van der Waals surface area contributed by atoms with Crippen LogP contribution in [0.4, 0.5) is 24.5 Å². The molecule has 0 saturated heterocycles. The number of benzene rings is 3. The summed E-state index contributed by atoms with van der Waals surface area (Å²) in [5, 5.41) is 11.0. The summed E-state index contributed by atoms with van der Waals surface area (Å²) in [6, 6.07) is 15.3. The van der Waals surface area contributed by atoms with Crippen molar-refractivity contribution in [1.29, 1.82) is 0 Å². The van der Waals surface area contributed by atoms with E-state index in [0.717, 1.165) is 35.2 Å². The number of rotatable bonds is 11. The van der Waals surface area contributed by atoms with Crippen molar-refractivity contribution in [3.8, 4) is 22.8 Å². The summed E-state index contributed by atoms with van der Waals surface area (Å²) in [4.78, 5) is 21.4. The van der Waals surface area contributed by atoms with Gasteiger partial charge in [0.1, 0.15) is 6.33 Å². The Labute approximate surface area is 245 Å². The van der Waals surface area contributed by atoms with Gasteiger partial charge < -0.3 is 20.1 Å². The van der Waals surface area contributed by atoms with Crippen molar-refractivity contribution in [3.05, 3.63) is 90.5 Å². The first-order valence-electron chi connectivity index (χ1n) is 13.4. The average Bonchev–Trinajstić information content (AvgIpc) is 3.41. The molecule has 0 aliphatic heterocycles. The number of aromatic nitrogens is 4. The Morgan fingerprint density at radius 1 is 0.977 bits per heavy atom. The van der Waals surface area contributed by atoms with Crippen LogP contribution in [-0.2, 0) is 24.4 Å². The maximum Gasteiger partial charge on any atom is 0.416 e. The lowest BCUT2D eigenvalue weighted by Crippen LogP contribution is -2.14. The molecule has 2 heterocycles. The summed E-state index contributed by atoms with van der Waals surface area (Å²) in [6.07, 6.45) is 1.41. The van der Waals surface area contributed by atoms with E-state index < -0.39 is 11.7 Å². The van der Waals surface area contributed by atoms with Gasteiger partial charge in [0.25, 0.3) is 0 Å². The summed E-state index contributed by atoms with van der Waals surface area (Å²) >= 11 is 0. The highest BCUT2D eigenvalue weighted by atomic mass is 19.4. The zero-order chi connectivity index (χ0) is 30.4. The van der Waals surface area contributed by atoms with Crippen LogP contribution in [0.3, 0.4) is 0 Å². The number of methoxy groups -OCH3 is 1. The van der Waals surface area contributed by atoms with Crippen LogP contribution >= 0.6 is 0 Å². The minimum atomic E-state index is -4.42. The second kappa shape index (κ2) is 12.8. The number of hydrogen-bond donors (Lipinski definition) is 2. The van der Waals surface area contributed by atoms with Crippen molar-refractivity contribution >= 4 is 28.2 Å². The lowest BCUT2D eigenvalue weighted by atomic mass is 10.1. The molecule has 9 nitrogen and oxygen atoms in total. The summed E-state index contributed by atoms with van der Waals surface area (Å²) < 4.78 is 51.7. The highest BCUT2D eigenvalue weighted by molar-refractivity contribution is 5.95. The number of carbonyl (C=O) groups excluding carboxylic acids is 1. The summed E-state index contributed by atoms with van der Waals surface area (Å²) in [5.74, 6) is 0.785. The topological polar surface area (TPSA) is 103 Å². The van der Waals surface area contributed by atoms with E-state index >= 15 is 0 Å². The molecule has 12 heteroatoms. The number of fused-ring (bicyclic) bond motifs is 1. The molecule has 0 aliphatic rings. The third-order valence-electron chi connectivity index (χ3n) is 6.62. The predicted octanol–water partition coefficient (Wildman–Crippen LogP) is 6.12. The molecule has 0 bridgehead atoms. The summed E-state index contributed by atoms with van der Waals surface area (Å²) in [7, 11) is 3.44.